The Bertz CT molecular complexity index is 1060. The lowest BCUT2D eigenvalue weighted by molar-refractivity contribution is -0.136. The molecule has 29 heavy (non-hydrogen) atoms. The molecule has 0 atom stereocenters. The second-order valence-corrected chi connectivity index (χ2v) is 7.13. The number of hydrazone groups is 1. The molecule has 6 nitrogen and oxygen atoms in total. The molecule has 0 aliphatic rings. The number of carbonyl (C=O) groups is 2. The van der Waals surface area contributed by atoms with E-state index in [9.17, 15) is 9.59 Å². The van der Waals surface area contributed by atoms with Crippen LogP contribution >= 0.6 is 15.9 Å². The van der Waals surface area contributed by atoms with Crippen molar-refractivity contribution in [2.75, 3.05) is 11.9 Å². The van der Waals surface area contributed by atoms with Gasteiger partial charge in [0, 0.05) is 21.1 Å². The highest BCUT2D eigenvalue weighted by Gasteiger charge is 2.14. The lowest BCUT2D eigenvalue weighted by Crippen LogP contribution is -2.32. The normalized spacial score (nSPS) is 10.8. The van der Waals surface area contributed by atoms with Crippen LogP contribution < -0.4 is 15.5 Å². The van der Waals surface area contributed by atoms with Crippen molar-refractivity contribution in [3.8, 4) is 5.75 Å². The quantitative estimate of drug-likeness (QED) is 0.328. The van der Waals surface area contributed by atoms with Crippen LogP contribution in [0.5, 0.6) is 5.75 Å². The summed E-state index contributed by atoms with van der Waals surface area (Å²) in [6.45, 7) is 2.59. The topological polar surface area (TPSA) is 79.8 Å². The highest BCUT2D eigenvalue weighted by Crippen LogP contribution is 2.23. The van der Waals surface area contributed by atoms with E-state index in [1.165, 1.54) is 6.21 Å². The van der Waals surface area contributed by atoms with E-state index in [1.807, 2.05) is 61.5 Å². The summed E-state index contributed by atoms with van der Waals surface area (Å²) in [6.07, 6.45) is 2.32. The maximum Gasteiger partial charge on any atom is 0.329 e. The van der Waals surface area contributed by atoms with Crippen LogP contribution in [0.1, 0.15) is 18.9 Å². The number of hydrogen-bond acceptors (Lipinski definition) is 4. The summed E-state index contributed by atoms with van der Waals surface area (Å²) < 4.78 is 6.51. The van der Waals surface area contributed by atoms with E-state index in [1.54, 1.807) is 6.07 Å². The summed E-state index contributed by atoms with van der Waals surface area (Å²) in [6, 6.07) is 18.6. The monoisotopic (exact) mass is 453 g/mol. The molecule has 7 heteroatoms. The second-order valence-electron chi connectivity index (χ2n) is 6.21. The minimum absolute atomic E-state index is 0.564. The Balaban J connectivity index is 1.66. The Labute approximate surface area is 177 Å². The fourth-order valence-electron chi connectivity index (χ4n) is 2.69. The molecule has 3 aromatic rings. The standard InChI is InChI=1S/C22H20BrN3O3/c1-2-12-29-20-11-10-17(23)13-16(20)14-24-26-22(28)21(27)25-19-9-5-7-15-6-3-4-8-18(15)19/h3-11,13-14H,2,12H2,1H3,(H,25,27)(H,26,28)/b24-14-. The van der Waals surface area contributed by atoms with Crippen LogP contribution in [0.25, 0.3) is 10.8 Å². The Hall–Kier alpha value is -3.19. The largest absolute Gasteiger partial charge is 0.493 e. The molecule has 2 N–H and O–H groups in total. The second kappa shape index (κ2) is 9.84. The number of ether oxygens (including phenoxy) is 1. The van der Waals surface area contributed by atoms with Gasteiger partial charge in [0.25, 0.3) is 0 Å². The lowest BCUT2D eigenvalue weighted by Gasteiger charge is -2.09. The first-order chi connectivity index (χ1) is 14.1. The van der Waals surface area contributed by atoms with Gasteiger partial charge in [-0.05, 0) is 36.1 Å². The minimum atomic E-state index is -0.861. The lowest BCUT2D eigenvalue weighted by atomic mass is 10.1. The molecule has 0 saturated carbocycles. The number of amides is 2. The number of rotatable bonds is 6. The fourth-order valence-corrected chi connectivity index (χ4v) is 3.07. The molecule has 0 heterocycles. The molecular weight excluding hydrogens is 434 g/mol. The number of nitrogens with one attached hydrogen (secondary N) is 2. The molecule has 2 amide bonds. The Morgan fingerprint density at radius 1 is 1.07 bits per heavy atom. The van der Waals surface area contributed by atoms with Crippen LogP contribution in [0.4, 0.5) is 5.69 Å². The van der Waals surface area contributed by atoms with Crippen molar-refractivity contribution in [1.29, 1.82) is 0 Å². The molecule has 0 aliphatic carbocycles. The number of carbonyl (C=O) groups excluding carboxylic acids is 2. The highest BCUT2D eigenvalue weighted by atomic mass is 79.9. The molecule has 0 spiro atoms. The molecule has 3 aromatic carbocycles. The molecule has 0 unspecified atom stereocenters. The molecule has 0 aliphatic heterocycles. The third kappa shape index (κ3) is 5.42. The number of fused-ring (bicyclic) bond motifs is 1. The van der Waals surface area contributed by atoms with Gasteiger partial charge in [0.15, 0.2) is 0 Å². The first-order valence-corrected chi connectivity index (χ1v) is 9.92. The minimum Gasteiger partial charge on any atom is -0.493 e. The zero-order valence-corrected chi connectivity index (χ0v) is 17.4. The summed E-state index contributed by atoms with van der Waals surface area (Å²) >= 11 is 3.40. The molecule has 0 saturated heterocycles. The number of nitrogens with zero attached hydrogens (tertiary/aromatic N) is 1. The fraction of sp³-hybridized carbons (Fsp3) is 0.136. The van der Waals surface area contributed by atoms with Crippen molar-refractivity contribution in [1.82, 2.24) is 5.43 Å². The van der Waals surface area contributed by atoms with E-state index in [4.69, 9.17) is 4.74 Å². The average Bonchev–Trinajstić information content (AvgIpc) is 2.73. The van der Waals surface area contributed by atoms with Gasteiger partial charge in [0.2, 0.25) is 0 Å². The zero-order chi connectivity index (χ0) is 20.6. The van der Waals surface area contributed by atoms with Gasteiger partial charge in [-0.1, -0.05) is 59.3 Å². The first kappa shape index (κ1) is 20.5. The van der Waals surface area contributed by atoms with Crippen LogP contribution in [0.3, 0.4) is 0 Å². The summed E-state index contributed by atoms with van der Waals surface area (Å²) in [5, 5.41) is 8.34. The van der Waals surface area contributed by atoms with Crippen LogP contribution in [-0.4, -0.2) is 24.6 Å². The summed E-state index contributed by atoms with van der Waals surface area (Å²) in [5.74, 6) is -1.01. The summed E-state index contributed by atoms with van der Waals surface area (Å²) in [5.41, 5.74) is 3.50. The number of benzene rings is 3. The molecule has 0 radical (unpaired) electrons. The van der Waals surface area contributed by atoms with Crippen molar-refractivity contribution in [3.05, 3.63) is 70.7 Å². The van der Waals surface area contributed by atoms with Crippen LogP contribution in [0.2, 0.25) is 0 Å². The molecule has 0 aromatic heterocycles. The number of halogens is 1. The third-order valence-corrected chi connectivity index (χ3v) is 4.54. The van der Waals surface area contributed by atoms with Gasteiger partial charge >= 0.3 is 11.8 Å². The maximum atomic E-state index is 12.2. The molecular formula is C22H20BrN3O3. The van der Waals surface area contributed by atoms with E-state index in [2.05, 4.69) is 31.8 Å². The summed E-state index contributed by atoms with van der Waals surface area (Å²) in [4.78, 5) is 24.4. The predicted molar refractivity (Wildman–Crippen MR) is 118 cm³/mol. The number of anilines is 1. The maximum absolute atomic E-state index is 12.2. The van der Waals surface area contributed by atoms with E-state index in [0.717, 1.165) is 21.7 Å². The van der Waals surface area contributed by atoms with Crippen LogP contribution in [0, 0.1) is 0 Å². The van der Waals surface area contributed by atoms with E-state index in [0.29, 0.717) is 23.6 Å². The van der Waals surface area contributed by atoms with Crippen molar-refractivity contribution >= 4 is 50.4 Å². The Kier molecular flexibility index (Phi) is 6.97. The molecule has 0 bridgehead atoms. The van der Waals surface area contributed by atoms with Crippen LogP contribution in [0.15, 0.2) is 70.2 Å². The zero-order valence-electron chi connectivity index (χ0n) is 15.8. The van der Waals surface area contributed by atoms with Crippen molar-refractivity contribution in [2.24, 2.45) is 5.10 Å². The SMILES string of the molecule is CCCOc1ccc(Br)cc1/C=N\NC(=O)C(=O)Nc1cccc2ccccc12. The van der Waals surface area contributed by atoms with Gasteiger partial charge < -0.3 is 10.1 Å². The molecule has 148 valence electrons. The average molecular weight is 454 g/mol. The third-order valence-electron chi connectivity index (χ3n) is 4.05. The Morgan fingerprint density at radius 2 is 1.86 bits per heavy atom. The van der Waals surface area contributed by atoms with Gasteiger partial charge in [0.05, 0.1) is 12.8 Å². The Morgan fingerprint density at radius 3 is 2.69 bits per heavy atom. The molecule has 3 rings (SSSR count). The van der Waals surface area contributed by atoms with Crippen molar-refractivity contribution in [3.63, 3.8) is 0 Å². The van der Waals surface area contributed by atoms with Crippen molar-refractivity contribution < 1.29 is 14.3 Å². The van der Waals surface area contributed by atoms with E-state index >= 15 is 0 Å². The number of hydrogen-bond donors (Lipinski definition) is 2. The smallest absolute Gasteiger partial charge is 0.329 e. The highest BCUT2D eigenvalue weighted by molar-refractivity contribution is 9.10. The van der Waals surface area contributed by atoms with E-state index < -0.39 is 11.8 Å². The van der Waals surface area contributed by atoms with Crippen molar-refractivity contribution in [2.45, 2.75) is 13.3 Å². The van der Waals surface area contributed by atoms with Gasteiger partial charge in [-0.25, -0.2) is 5.43 Å². The first-order valence-electron chi connectivity index (χ1n) is 9.13. The van der Waals surface area contributed by atoms with Gasteiger partial charge in [-0.3, -0.25) is 9.59 Å². The van der Waals surface area contributed by atoms with Gasteiger partial charge in [-0.15, -0.1) is 0 Å². The predicted octanol–water partition coefficient (Wildman–Crippen LogP) is 4.48. The van der Waals surface area contributed by atoms with Gasteiger partial charge in [-0.2, -0.15) is 5.10 Å². The van der Waals surface area contributed by atoms with E-state index in [-0.39, 0.29) is 0 Å². The van der Waals surface area contributed by atoms with Gasteiger partial charge in [0.1, 0.15) is 5.75 Å². The summed E-state index contributed by atoms with van der Waals surface area (Å²) in [7, 11) is 0. The van der Waals surface area contributed by atoms with Crippen LogP contribution in [-0.2, 0) is 9.59 Å². The molecule has 0 fully saturated rings.